The predicted octanol–water partition coefficient (Wildman–Crippen LogP) is 5.71. The number of amides is 1. The Morgan fingerprint density at radius 3 is 2.57 bits per heavy atom. The summed E-state index contributed by atoms with van der Waals surface area (Å²) in [4.78, 5) is 32.8. The van der Waals surface area contributed by atoms with Gasteiger partial charge in [-0.3, -0.25) is 14.5 Å². The number of aromatic nitrogens is 1. The van der Waals surface area contributed by atoms with E-state index in [2.05, 4.69) is 18.0 Å². The molecule has 2 aromatic carbocycles. The van der Waals surface area contributed by atoms with Crippen molar-refractivity contribution in [3.05, 3.63) is 69.8 Å². The van der Waals surface area contributed by atoms with Crippen LogP contribution in [0.5, 0.6) is 0 Å². The number of carbonyl (C=O) groups is 2. The third kappa shape index (κ3) is 7.23. The van der Waals surface area contributed by atoms with Crippen molar-refractivity contribution in [1.82, 2.24) is 14.8 Å². The number of esters is 1. The average Bonchev–Trinajstić information content (AvgIpc) is 3.28. The summed E-state index contributed by atoms with van der Waals surface area (Å²) in [6.45, 7) is 5.55. The molecule has 3 aromatic rings. The van der Waals surface area contributed by atoms with Crippen LogP contribution < -0.4 is 0 Å². The van der Waals surface area contributed by atoms with Crippen LogP contribution in [0.25, 0.3) is 10.9 Å². The molecule has 0 saturated heterocycles. The third-order valence-corrected chi connectivity index (χ3v) is 7.00. The number of benzene rings is 2. The van der Waals surface area contributed by atoms with Gasteiger partial charge < -0.3 is 14.6 Å². The van der Waals surface area contributed by atoms with E-state index in [1.54, 1.807) is 19.1 Å². The van der Waals surface area contributed by atoms with E-state index >= 15 is 0 Å². The summed E-state index contributed by atoms with van der Waals surface area (Å²) in [5.74, 6) is -0.397. The Morgan fingerprint density at radius 2 is 1.86 bits per heavy atom. The molecule has 1 N–H and O–H groups in total. The van der Waals surface area contributed by atoms with Crippen LogP contribution in [0.1, 0.15) is 37.8 Å². The molecule has 0 spiro atoms. The first-order chi connectivity index (χ1) is 16.8. The molecule has 0 radical (unpaired) electrons. The Bertz CT molecular complexity index is 1150. The third-order valence-electron chi connectivity index (χ3n) is 6.26. The maximum Gasteiger partial charge on any atom is 0.322 e. The lowest BCUT2D eigenvalue weighted by atomic mass is 10.1. The van der Waals surface area contributed by atoms with Gasteiger partial charge in [-0.2, -0.15) is 0 Å². The molecule has 188 valence electrons. The molecule has 1 heterocycles. The Labute approximate surface area is 217 Å². The maximum absolute atomic E-state index is 13.6. The maximum atomic E-state index is 13.6. The number of hydrogen-bond acceptors (Lipinski definition) is 4. The highest BCUT2D eigenvalue weighted by Crippen LogP contribution is 2.24. The van der Waals surface area contributed by atoms with Crippen LogP contribution in [0, 0.1) is 0 Å². The summed E-state index contributed by atoms with van der Waals surface area (Å²) in [6, 6.07) is 13.0. The number of nitrogens with one attached hydrogen (secondary N) is 1. The summed E-state index contributed by atoms with van der Waals surface area (Å²) in [7, 11) is 1.37. The topological polar surface area (TPSA) is 65.6 Å². The second-order valence-corrected chi connectivity index (χ2v) is 9.51. The van der Waals surface area contributed by atoms with Crippen molar-refractivity contribution in [2.75, 3.05) is 26.7 Å². The standard InChI is InChI=1S/C27H33Cl2N3O3/c1-4-5-13-31(19(2)27(34)35-3)18-26(33)32(17-20-10-11-23(28)24(29)15-20)14-12-21-16-30-25-9-7-6-8-22(21)25/h6-11,15-16,19,30H,4-5,12-14,17-18H2,1-3H3. The molecule has 1 atom stereocenters. The molecule has 35 heavy (non-hydrogen) atoms. The minimum absolute atomic E-state index is 0.0530. The van der Waals surface area contributed by atoms with Crippen LogP contribution in [0.2, 0.25) is 10.0 Å². The van der Waals surface area contributed by atoms with E-state index in [0.29, 0.717) is 36.1 Å². The Hall–Kier alpha value is -2.54. The van der Waals surface area contributed by atoms with Gasteiger partial charge in [-0.15, -0.1) is 0 Å². The van der Waals surface area contributed by atoms with Crippen molar-refractivity contribution in [1.29, 1.82) is 0 Å². The highest BCUT2D eigenvalue weighted by Gasteiger charge is 2.26. The van der Waals surface area contributed by atoms with Crippen molar-refractivity contribution in [2.24, 2.45) is 0 Å². The number of carbonyl (C=O) groups excluding carboxylic acids is 2. The second-order valence-electron chi connectivity index (χ2n) is 8.70. The zero-order valence-corrected chi connectivity index (χ0v) is 22.0. The van der Waals surface area contributed by atoms with Crippen molar-refractivity contribution >= 4 is 46.0 Å². The van der Waals surface area contributed by atoms with E-state index in [1.165, 1.54) is 7.11 Å². The molecule has 0 aliphatic carbocycles. The predicted molar refractivity (Wildman–Crippen MR) is 142 cm³/mol. The zero-order valence-electron chi connectivity index (χ0n) is 20.5. The molecule has 1 unspecified atom stereocenters. The summed E-state index contributed by atoms with van der Waals surface area (Å²) >= 11 is 12.3. The average molecular weight is 518 g/mol. The number of aromatic amines is 1. The Kier molecular flexibility index (Phi) is 10.0. The van der Waals surface area contributed by atoms with Gasteiger partial charge in [0.1, 0.15) is 6.04 Å². The highest BCUT2D eigenvalue weighted by molar-refractivity contribution is 6.42. The molecule has 3 rings (SSSR count). The van der Waals surface area contributed by atoms with E-state index in [-0.39, 0.29) is 18.4 Å². The first-order valence-corrected chi connectivity index (χ1v) is 12.7. The first-order valence-electron chi connectivity index (χ1n) is 11.9. The molecule has 0 aliphatic rings. The highest BCUT2D eigenvalue weighted by atomic mass is 35.5. The van der Waals surface area contributed by atoms with Gasteiger partial charge in [0, 0.05) is 30.2 Å². The Balaban J connectivity index is 1.81. The first kappa shape index (κ1) is 27.1. The number of nitrogens with zero attached hydrogens (tertiary/aromatic N) is 2. The van der Waals surface area contributed by atoms with E-state index in [9.17, 15) is 9.59 Å². The number of ether oxygens (including phenoxy) is 1. The minimum atomic E-state index is -0.504. The fraction of sp³-hybridized carbons (Fsp3) is 0.407. The largest absolute Gasteiger partial charge is 0.468 e. The summed E-state index contributed by atoms with van der Waals surface area (Å²) < 4.78 is 4.94. The number of halogens is 2. The number of para-hydroxylation sites is 1. The summed E-state index contributed by atoms with van der Waals surface area (Å²) in [5.41, 5.74) is 3.12. The number of unbranched alkanes of at least 4 members (excludes halogenated alkanes) is 1. The van der Waals surface area contributed by atoms with Crippen LogP contribution in [-0.2, 0) is 27.3 Å². The number of rotatable bonds is 12. The van der Waals surface area contributed by atoms with Gasteiger partial charge >= 0.3 is 5.97 Å². The molecule has 1 amide bonds. The van der Waals surface area contributed by atoms with Crippen molar-refractivity contribution < 1.29 is 14.3 Å². The second kappa shape index (κ2) is 13.0. The lowest BCUT2D eigenvalue weighted by Gasteiger charge is -2.30. The fourth-order valence-electron chi connectivity index (χ4n) is 4.11. The van der Waals surface area contributed by atoms with Gasteiger partial charge in [0.25, 0.3) is 0 Å². The molecule has 0 bridgehead atoms. The quantitative estimate of drug-likeness (QED) is 0.312. The van der Waals surface area contributed by atoms with Crippen molar-refractivity contribution in [3.8, 4) is 0 Å². The normalized spacial score (nSPS) is 12.2. The molecular weight excluding hydrogens is 485 g/mol. The van der Waals surface area contributed by atoms with Gasteiger partial charge in [0.2, 0.25) is 5.91 Å². The molecule has 1 aromatic heterocycles. The van der Waals surface area contributed by atoms with Gasteiger partial charge in [0.15, 0.2) is 0 Å². The van der Waals surface area contributed by atoms with E-state index in [1.807, 2.05) is 40.3 Å². The smallest absolute Gasteiger partial charge is 0.322 e. The monoisotopic (exact) mass is 517 g/mol. The molecule has 8 heteroatoms. The van der Waals surface area contributed by atoms with Crippen molar-refractivity contribution in [2.45, 2.75) is 45.7 Å². The molecule has 0 saturated carbocycles. The van der Waals surface area contributed by atoms with Crippen molar-refractivity contribution in [3.63, 3.8) is 0 Å². The molecule has 0 aliphatic heterocycles. The van der Waals surface area contributed by atoms with E-state index < -0.39 is 6.04 Å². The summed E-state index contributed by atoms with van der Waals surface area (Å²) in [6.07, 6.45) is 4.54. The SMILES string of the molecule is CCCCN(CC(=O)N(CCc1c[nH]c2ccccc12)Cc1ccc(Cl)c(Cl)c1)C(C)C(=O)OC. The lowest BCUT2D eigenvalue weighted by Crippen LogP contribution is -2.47. The zero-order chi connectivity index (χ0) is 25.4. The van der Waals surface area contributed by atoms with Gasteiger partial charge in [-0.1, -0.05) is 60.8 Å². The Morgan fingerprint density at radius 1 is 1.09 bits per heavy atom. The minimum Gasteiger partial charge on any atom is -0.468 e. The number of hydrogen-bond donors (Lipinski definition) is 1. The van der Waals surface area contributed by atoms with Crippen LogP contribution in [0.3, 0.4) is 0 Å². The van der Waals surface area contributed by atoms with Crippen LogP contribution in [-0.4, -0.2) is 59.4 Å². The van der Waals surface area contributed by atoms with Gasteiger partial charge in [-0.05, 0) is 55.6 Å². The summed E-state index contributed by atoms with van der Waals surface area (Å²) in [5, 5.41) is 2.08. The van der Waals surface area contributed by atoms with Gasteiger partial charge in [0.05, 0.1) is 23.7 Å². The molecule has 0 fully saturated rings. The molecule has 6 nitrogen and oxygen atoms in total. The molecular formula is C27H33Cl2N3O3. The van der Waals surface area contributed by atoms with Crippen LogP contribution >= 0.6 is 23.2 Å². The lowest BCUT2D eigenvalue weighted by molar-refractivity contribution is -0.147. The van der Waals surface area contributed by atoms with Gasteiger partial charge in [-0.25, -0.2) is 0 Å². The number of methoxy groups -OCH3 is 1. The van der Waals surface area contributed by atoms with Crippen LogP contribution in [0.4, 0.5) is 0 Å². The number of fused-ring (bicyclic) bond motifs is 1. The van der Waals surface area contributed by atoms with Crippen LogP contribution in [0.15, 0.2) is 48.7 Å². The fourth-order valence-corrected chi connectivity index (χ4v) is 4.43. The van der Waals surface area contributed by atoms with E-state index in [0.717, 1.165) is 34.9 Å². The number of H-pyrrole nitrogens is 1. The van der Waals surface area contributed by atoms with E-state index in [4.69, 9.17) is 27.9 Å².